The molecule has 1 amide bonds. The topological polar surface area (TPSA) is 75.6 Å². The fraction of sp³-hybridized carbons (Fsp3) is 0.300. The highest BCUT2D eigenvalue weighted by atomic mass is 35.5. The number of ether oxygens (including phenoxy) is 1. The van der Waals surface area contributed by atoms with Crippen LogP contribution in [0.5, 0.6) is 5.75 Å². The van der Waals surface area contributed by atoms with Crippen molar-refractivity contribution in [1.82, 2.24) is 5.32 Å². The summed E-state index contributed by atoms with van der Waals surface area (Å²) in [6.45, 7) is 4.81. The minimum absolute atomic E-state index is 0.0698. The third-order valence-electron chi connectivity index (χ3n) is 4.79. The fourth-order valence-corrected chi connectivity index (χ4v) is 3.40. The number of halogens is 2. The number of carbonyl (C=O) groups excluding carboxylic acids is 2. The smallest absolute Gasteiger partial charge is 0.255 e. The van der Waals surface area contributed by atoms with E-state index in [4.69, 9.17) is 27.9 Å². The van der Waals surface area contributed by atoms with Crippen molar-refractivity contribution in [1.29, 1.82) is 0 Å². The molecule has 5 nitrogen and oxygen atoms in total. The van der Waals surface area contributed by atoms with Gasteiger partial charge in [0.05, 0.1) is 15.6 Å². The SMILES string of the molecule is CC(=O)c1ccc2c(c1)CC(O)(NC(=O)c1cccc(Cl)c1Cl)C(C)(C)O2. The molecule has 0 bridgehead atoms. The maximum atomic E-state index is 12.7. The summed E-state index contributed by atoms with van der Waals surface area (Å²) in [5, 5.41) is 14.2. The van der Waals surface area contributed by atoms with Crippen molar-refractivity contribution in [2.45, 2.75) is 38.5 Å². The van der Waals surface area contributed by atoms with Crippen LogP contribution in [0.2, 0.25) is 10.0 Å². The largest absolute Gasteiger partial charge is 0.483 e. The molecule has 0 aromatic heterocycles. The summed E-state index contributed by atoms with van der Waals surface area (Å²) in [6.07, 6.45) is 0.0698. The normalized spacial score (nSPS) is 20.4. The highest BCUT2D eigenvalue weighted by molar-refractivity contribution is 6.43. The van der Waals surface area contributed by atoms with Crippen LogP contribution in [0.4, 0.5) is 0 Å². The predicted molar refractivity (Wildman–Crippen MR) is 104 cm³/mol. The summed E-state index contributed by atoms with van der Waals surface area (Å²) in [5.74, 6) is -0.113. The molecule has 0 aliphatic carbocycles. The van der Waals surface area contributed by atoms with Crippen LogP contribution in [0.25, 0.3) is 0 Å². The first-order valence-electron chi connectivity index (χ1n) is 8.36. The lowest BCUT2D eigenvalue weighted by Gasteiger charge is -2.46. The van der Waals surface area contributed by atoms with Gasteiger partial charge in [-0.05, 0) is 56.7 Å². The van der Waals surface area contributed by atoms with E-state index in [1.165, 1.54) is 13.0 Å². The minimum Gasteiger partial charge on any atom is -0.483 e. The first kappa shape index (κ1) is 19.7. The number of Topliss-reactive ketones (excluding diaryl/α,β-unsaturated/α-hetero) is 1. The molecule has 0 saturated carbocycles. The number of amides is 1. The summed E-state index contributed by atoms with van der Waals surface area (Å²) < 4.78 is 5.93. The van der Waals surface area contributed by atoms with Crippen molar-refractivity contribution in [3.05, 3.63) is 63.1 Å². The molecule has 7 heteroatoms. The fourth-order valence-electron chi connectivity index (χ4n) is 3.01. The summed E-state index contributed by atoms with van der Waals surface area (Å²) in [5.41, 5.74) is -1.57. The third kappa shape index (κ3) is 3.55. The Kier molecular flexibility index (Phi) is 4.97. The lowest BCUT2D eigenvalue weighted by Crippen LogP contribution is -2.67. The van der Waals surface area contributed by atoms with Crippen molar-refractivity contribution in [3.8, 4) is 5.75 Å². The van der Waals surface area contributed by atoms with Crippen LogP contribution in [0, 0.1) is 0 Å². The van der Waals surface area contributed by atoms with Crippen molar-refractivity contribution >= 4 is 34.9 Å². The molecule has 1 aliphatic heterocycles. The van der Waals surface area contributed by atoms with Gasteiger partial charge in [-0.25, -0.2) is 0 Å². The molecule has 0 saturated heterocycles. The van der Waals surface area contributed by atoms with Gasteiger partial charge in [0.25, 0.3) is 5.91 Å². The molecule has 142 valence electrons. The number of carbonyl (C=O) groups is 2. The molecule has 0 fully saturated rings. The van der Waals surface area contributed by atoms with Crippen LogP contribution in [0.1, 0.15) is 47.1 Å². The van der Waals surface area contributed by atoms with Gasteiger partial charge < -0.3 is 15.2 Å². The Bertz CT molecular complexity index is 942. The first-order chi connectivity index (χ1) is 12.5. The van der Waals surface area contributed by atoms with Crippen LogP contribution in [-0.2, 0) is 6.42 Å². The van der Waals surface area contributed by atoms with Gasteiger partial charge in [-0.1, -0.05) is 29.3 Å². The van der Waals surface area contributed by atoms with Crippen LogP contribution in [0.3, 0.4) is 0 Å². The van der Waals surface area contributed by atoms with Crippen molar-refractivity contribution < 1.29 is 19.4 Å². The van der Waals surface area contributed by atoms with Crippen molar-refractivity contribution in [2.24, 2.45) is 0 Å². The predicted octanol–water partition coefficient (Wildman–Crippen LogP) is 4.03. The van der Waals surface area contributed by atoms with Gasteiger partial charge >= 0.3 is 0 Å². The van der Waals surface area contributed by atoms with Gasteiger partial charge in [0.2, 0.25) is 0 Å². The quantitative estimate of drug-likeness (QED) is 0.594. The molecule has 1 heterocycles. The number of aliphatic hydroxyl groups is 1. The molecule has 0 radical (unpaired) electrons. The first-order valence-corrected chi connectivity index (χ1v) is 9.11. The number of nitrogens with one attached hydrogen (secondary N) is 1. The van der Waals surface area contributed by atoms with E-state index in [1.54, 1.807) is 44.2 Å². The zero-order chi connectivity index (χ0) is 20.0. The molecular weight excluding hydrogens is 389 g/mol. The monoisotopic (exact) mass is 407 g/mol. The van der Waals surface area contributed by atoms with Gasteiger partial charge in [-0.15, -0.1) is 0 Å². The molecule has 2 aromatic carbocycles. The van der Waals surface area contributed by atoms with E-state index in [2.05, 4.69) is 5.32 Å². The third-order valence-corrected chi connectivity index (χ3v) is 5.61. The average Bonchev–Trinajstić information content (AvgIpc) is 2.57. The second kappa shape index (κ2) is 6.82. The van der Waals surface area contributed by atoms with E-state index in [9.17, 15) is 14.7 Å². The lowest BCUT2D eigenvalue weighted by molar-refractivity contribution is -0.140. The van der Waals surface area contributed by atoms with Crippen LogP contribution in [0.15, 0.2) is 36.4 Å². The van der Waals surface area contributed by atoms with E-state index in [-0.39, 0.29) is 27.8 Å². The van der Waals surface area contributed by atoms with Crippen LogP contribution < -0.4 is 10.1 Å². The molecular formula is C20H19Cl2NO4. The maximum Gasteiger partial charge on any atom is 0.255 e. The van der Waals surface area contributed by atoms with Crippen molar-refractivity contribution in [2.75, 3.05) is 0 Å². The maximum absolute atomic E-state index is 12.7. The van der Waals surface area contributed by atoms with E-state index < -0.39 is 17.2 Å². The Morgan fingerprint density at radius 3 is 2.56 bits per heavy atom. The number of benzene rings is 2. The molecule has 3 rings (SSSR count). The second-order valence-corrected chi connectivity index (χ2v) is 7.87. The van der Waals surface area contributed by atoms with E-state index in [1.807, 2.05) is 0 Å². The number of hydrogen-bond donors (Lipinski definition) is 2. The summed E-state index contributed by atoms with van der Waals surface area (Å²) in [6, 6.07) is 9.73. The van der Waals surface area contributed by atoms with Gasteiger partial charge in [0.1, 0.15) is 5.75 Å². The number of hydrogen-bond acceptors (Lipinski definition) is 4. The zero-order valence-corrected chi connectivity index (χ0v) is 16.6. The second-order valence-electron chi connectivity index (χ2n) is 7.08. The number of ketones is 1. The lowest BCUT2D eigenvalue weighted by atomic mass is 9.83. The Balaban J connectivity index is 1.96. The van der Waals surface area contributed by atoms with Gasteiger partial charge in [-0.3, -0.25) is 9.59 Å². The summed E-state index contributed by atoms with van der Waals surface area (Å²) in [7, 11) is 0. The van der Waals surface area contributed by atoms with E-state index >= 15 is 0 Å². The Morgan fingerprint density at radius 2 is 1.89 bits per heavy atom. The molecule has 27 heavy (non-hydrogen) atoms. The number of rotatable bonds is 3. The molecule has 2 aromatic rings. The standard InChI is InChI=1S/C20H19Cl2NO4/c1-11(24)12-7-8-16-13(9-12)10-20(26,19(2,3)27-16)23-18(25)14-5-4-6-15(21)17(14)22/h4-9,26H,10H2,1-3H3,(H,23,25). The van der Waals surface area contributed by atoms with Crippen molar-refractivity contribution in [3.63, 3.8) is 0 Å². The van der Waals surface area contributed by atoms with Crippen LogP contribution >= 0.6 is 23.2 Å². The van der Waals surface area contributed by atoms with E-state index in [0.29, 0.717) is 16.9 Å². The van der Waals surface area contributed by atoms with Gasteiger partial charge in [-0.2, -0.15) is 0 Å². The highest BCUT2D eigenvalue weighted by Crippen LogP contribution is 2.39. The summed E-state index contributed by atoms with van der Waals surface area (Å²) in [4.78, 5) is 24.4. The Hall–Kier alpha value is -2.08. The minimum atomic E-state index is -1.72. The Labute approximate surface area is 167 Å². The zero-order valence-electron chi connectivity index (χ0n) is 15.1. The molecule has 2 N–H and O–H groups in total. The summed E-state index contributed by atoms with van der Waals surface area (Å²) >= 11 is 12.1. The average molecular weight is 408 g/mol. The number of fused-ring (bicyclic) bond motifs is 1. The molecule has 0 spiro atoms. The molecule has 1 atom stereocenters. The van der Waals surface area contributed by atoms with Gasteiger partial charge in [0.15, 0.2) is 17.1 Å². The van der Waals surface area contributed by atoms with Crippen LogP contribution in [-0.4, -0.2) is 28.1 Å². The molecule has 1 unspecified atom stereocenters. The van der Waals surface area contributed by atoms with Gasteiger partial charge in [0, 0.05) is 12.0 Å². The Morgan fingerprint density at radius 1 is 1.19 bits per heavy atom. The molecule has 1 aliphatic rings. The highest BCUT2D eigenvalue weighted by Gasteiger charge is 2.50. The van der Waals surface area contributed by atoms with E-state index in [0.717, 1.165) is 0 Å².